The maximum Gasteiger partial charge on any atom is 0.242 e. The summed E-state index contributed by atoms with van der Waals surface area (Å²) in [5, 5.41) is 11.9. The van der Waals surface area contributed by atoms with Crippen molar-refractivity contribution in [3.05, 3.63) is 54.0 Å². The molecule has 1 aromatic carbocycles. The van der Waals surface area contributed by atoms with Crippen LogP contribution in [-0.4, -0.2) is 36.6 Å². The summed E-state index contributed by atoms with van der Waals surface area (Å²) in [6, 6.07) is 12.8. The molecule has 0 bridgehead atoms. The third kappa shape index (κ3) is 4.85. The van der Waals surface area contributed by atoms with E-state index in [1.807, 2.05) is 12.1 Å². The van der Waals surface area contributed by atoms with Gasteiger partial charge in [-0.05, 0) is 49.2 Å². The highest BCUT2D eigenvalue weighted by Crippen LogP contribution is 2.16. The van der Waals surface area contributed by atoms with Gasteiger partial charge in [0.1, 0.15) is 5.76 Å². The summed E-state index contributed by atoms with van der Waals surface area (Å²) in [5.74, 6) is 0.737. The molecular weight excluding hydrogens is 318 g/mol. The minimum Gasteiger partial charge on any atom is -0.467 e. The summed E-state index contributed by atoms with van der Waals surface area (Å²) in [6.45, 7) is 1.94. The minimum absolute atomic E-state index is 0.0174. The lowest BCUT2D eigenvalue weighted by Gasteiger charge is -2.25. The standard InChI is InChI=1S/C19H21N3O3/c20-11-15-5-7-16(8-6-15)21-12-19(23)22(13-17-3-1-9-24-17)14-18-4-2-10-25-18/h1,3,5-9,18,21H,2,4,10,12-14H2/t18-/m1/s1. The third-order valence-electron chi connectivity index (χ3n) is 4.19. The number of furan rings is 1. The summed E-state index contributed by atoms with van der Waals surface area (Å²) in [6.07, 6.45) is 3.72. The van der Waals surface area contributed by atoms with E-state index in [4.69, 9.17) is 14.4 Å². The molecule has 0 spiro atoms. The Kier molecular flexibility index (Phi) is 5.70. The lowest BCUT2D eigenvalue weighted by atomic mass is 10.2. The van der Waals surface area contributed by atoms with Crippen LogP contribution in [0.1, 0.15) is 24.2 Å². The Morgan fingerprint density at radius 2 is 2.16 bits per heavy atom. The molecule has 0 saturated carbocycles. The molecule has 1 amide bonds. The van der Waals surface area contributed by atoms with Crippen molar-refractivity contribution in [2.24, 2.45) is 0 Å². The Balaban J connectivity index is 1.59. The zero-order valence-corrected chi connectivity index (χ0v) is 14.0. The van der Waals surface area contributed by atoms with Gasteiger partial charge in [0.05, 0.1) is 37.1 Å². The number of nitrogens with zero attached hydrogens (tertiary/aromatic N) is 2. The number of nitrogens with one attached hydrogen (secondary N) is 1. The van der Waals surface area contributed by atoms with Gasteiger partial charge in [0.15, 0.2) is 0 Å². The van der Waals surface area contributed by atoms with Crippen LogP contribution in [0.25, 0.3) is 0 Å². The molecule has 25 heavy (non-hydrogen) atoms. The molecule has 1 atom stereocenters. The monoisotopic (exact) mass is 339 g/mol. The largest absolute Gasteiger partial charge is 0.467 e. The average Bonchev–Trinajstić information content (AvgIpc) is 3.33. The van der Waals surface area contributed by atoms with Crippen LogP contribution in [0.5, 0.6) is 0 Å². The third-order valence-corrected chi connectivity index (χ3v) is 4.19. The molecule has 1 N–H and O–H groups in total. The quantitative estimate of drug-likeness (QED) is 0.839. The molecule has 2 aromatic rings. The number of amides is 1. The molecule has 6 heteroatoms. The Morgan fingerprint density at radius 1 is 1.32 bits per heavy atom. The second-order valence-electron chi connectivity index (χ2n) is 6.03. The first-order chi connectivity index (χ1) is 12.2. The predicted molar refractivity (Wildman–Crippen MR) is 92.7 cm³/mol. The number of carbonyl (C=O) groups is 1. The van der Waals surface area contributed by atoms with Gasteiger partial charge in [0.2, 0.25) is 5.91 Å². The molecular formula is C19H21N3O3. The van der Waals surface area contributed by atoms with E-state index < -0.39 is 0 Å². The fourth-order valence-electron chi connectivity index (χ4n) is 2.83. The van der Waals surface area contributed by atoms with Crippen molar-refractivity contribution < 1.29 is 13.9 Å². The molecule has 1 fully saturated rings. The van der Waals surface area contributed by atoms with Gasteiger partial charge < -0.3 is 19.4 Å². The molecule has 130 valence electrons. The van der Waals surface area contributed by atoms with Crippen molar-refractivity contribution in [3.8, 4) is 6.07 Å². The van der Waals surface area contributed by atoms with Crippen LogP contribution in [0.3, 0.4) is 0 Å². The van der Waals surface area contributed by atoms with Gasteiger partial charge in [-0.2, -0.15) is 5.26 Å². The van der Waals surface area contributed by atoms with Crippen LogP contribution in [0.2, 0.25) is 0 Å². The summed E-state index contributed by atoms with van der Waals surface area (Å²) in [7, 11) is 0. The molecule has 0 unspecified atom stereocenters. The average molecular weight is 339 g/mol. The number of rotatable bonds is 7. The Morgan fingerprint density at radius 3 is 2.80 bits per heavy atom. The SMILES string of the molecule is N#Cc1ccc(NCC(=O)N(Cc2ccco2)C[C@H]2CCCO2)cc1. The van der Waals surface area contributed by atoms with Crippen molar-refractivity contribution in [1.82, 2.24) is 4.90 Å². The Bertz CT molecular complexity index is 713. The van der Waals surface area contributed by atoms with Crippen LogP contribution in [0, 0.1) is 11.3 Å². The van der Waals surface area contributed by atoms with E-state index in [1.54, 1.807) is 35.4 Å². The van der Waals surface area contributed by atoms with Crippen molar-refractivity contribution in [2.75, 3.05) is 25.0 Å². The summed E-state index contributed by atoms with van der Waals surface area (Å²) >= 11 is 0. The van der Waals surface area contributed by atoms with Crippen molar-refractivity contribution in [2.45, 2.75) is 25.5 Å². The van der Waals surface area contributed by atoms with Gasteiger partial charge in [-0.3, -0.25) is 4.79 Å². The van der Waals surface area contributed by atoms with Gasteiger partial charge in [-0.15, -0.1) is 0 Å². The lowest BCUT2D eigenvalue weighted by molar-refractivity contribution is -0.131. The number of ether oxygens (including phenoxy) is 1. The number of nitriles is 1. The summed E-state index contributed by atoms with van der Waals surface area (Å²) < 4.78 is 11.0. The fourth-order valence-corrected chi connectivity index (χ4v) is 2.83. The van der Waals surface area contributed by atoms with E-state index in [0.717, 1.165) is 30.9 Å². The molecule has 2 heterocycles. The topological polar surface area (TPSA) is 78.5 Å². The first kappa shape index (κ1) is 17.1. The van der Waals surface area contributed by atoms with Crippen LogP contribution in [0.15, 0.2) is 47.1 Å². The van der Waals surface area contributed by atoms with Gasteiger partial charge in [-0.1, -0.05) is 0 Å². The van der Waals surface area contributed by atoms with Crippen molar-refractivity contribution in [1.29, 1.82) is 5.26 Å². The van der Waals surface area contributed by atoms with E-state index in [9.17, 15) is 4.79 Å². The van der Waals surface area contributed by atoms with Gasteiger partial charge in [0.25, 0.3) is 0 Å². The van der Waals surface area contributed by atoms with E-state index in [0.29, 0.717) is 18.7 Å². The van der Waals surface area contributed by atoms with Crippen LogP contribution in [0.4, 0.5) is 5.69 Å². The minimum atomic E-state index is -0.0174. The molecule has 1 aromatic heterocycles. The van der Waals surface area contributed by atoms with E-state index in [-0.39, 0.29) is 18.6 Å². The number of anilines is 1. The number of hydrogen-bond acceptors (Lipinski definition) is 5. The second kappa shape index (κ2) is 8.36. The number of carbonyl (C=O) groups excluding carboxylic acids is 1. The van der Waals surface area contributed by atoms with Crippen LogP contribution in [-0.2, 0) is 16.1 Å². The molecule has 1 saturated heterocycles. The molecule has 1 aliphatic heterocycles. The van der Waals surface area contributed by atoms with Gasteiger partial charge >= 0.3 is 0 Å². The summed E-state index contributed by atoms with van der Waals surface area (Å²) in [4.78, 5) is 14.4. The van der Waals surface area contributed by atoms with E-state index in [1.165, 1.54) is 0 Å². The van der Waals surface area contributed by atoms with Crippen molar-refractivity contribution in [3.63, 3.8) is 0 Å². The first-order valence-electron chi connectivity index (χ1n) is 8.40. The fraction of sp³-hybridized carbons (Fsp3) is 0.368. The highest BCUT2D eigenvalue weighted by Gasteiger charge is 2.23. The number of hydrogen-bond donors (Lipinski definition) is 1. The Labute approximate surface area is 147 Å². The molecule has 0 radical (unpaired) electrons. The van der Waals surface area contributed by atoms with Gasteiger partial charge in [-0.25, -0.2) is 0 Å². The second-order valence-corrected chi connectivity index (χ2v) is 6.03. The van der Waals surface area contributed by atoms with Crippen molar-refractivity contribution >= 4 is 11.6 Å². The first-order valence-corrected chi connectivity index (χ1v) is 8.40. The molecule has 6 nitrogen and oxygen atoms in total. The zero-order chi connectivity index (χ0) is 17.5. The normalized spacial score (nSPS) is 16.4. The van der Waals surface area contributed by atoms with E-state index >= 15 is 0 Å². The Hall–Kier alpha value is -2.78. The van der Waals surface area contributed by atoms with Crippen LogP contribution < -0.4 is 5.32 Å². The van der Waals surface area contributed by atoms with Crippen LogP contribution >= 0.6 is 0 Å². The highest BCUT2D eigenvalue weighted by molar-refractivity contribution is 5.80. The highest BCUT2D eigenvalue weighted by atomic mass is 16.5. The predicted octanol–water partition coefficient (Wildman–Crippen LogP) is 2.77. The maximum atomic E-state index is 12.7. The molecule has 0 aliphatic carbocycles. The molecule has 1 aliphatic rings. The van der Waals surface area contributed by atoms with E-state index in [2.05, 4.69) is 11.4 Å². The maximum absolute atomic E-state index is 12.7. The zero-order valence-electron chi connectivity index (χ0n) is 14.0. The smallest absolute Gasteiger partial charge is 0.242 e. The molecule has 3 rings (SSSR count). The summed E-state index contributed by atoms with van der Waals surface area (Å²) in [5.41, 5.74) is 1.40. The number of benzene rings is 1. The van der Waals surface area contributed by atoms with Gasteiger partial charge in [0, 0.05) is 18.8 Å². The lowest BCUT2D eigenvalue weighted by Crippen LogP contribution is -2.40.